The molecule has 2 N–H and O–H groups in total. The molecule has 1 aliphatic heterocycles. The minimum Gasteiger partial charge on any atom is -0.357 e. The van der Waals surface area contributed by atoms with Crippen molar-refractivity contribution in [3.8, 4) is 0 Å². The van der Waals surface area contributed by atoms with E-state index in [9.17, 15) is 21.6 Å². The van der Waals surface area contributed by atoms with Crippen LogP contribution in [0, 0.1) is 0 Å². The molecule has 0 atom stereocenters. The summed E-state index contributed by atoms with van der Waals surface area (Å²) in [5.74, 6) is 0.530. The van der Waals surface area contributed by atoms with Gasteiger partial charge in [-0.1, -0.05) is 24.3 Å². The number of para-hydroxylation sites is 1. The SMILES string of the molecule is CCNC(=NCc1cccc2cccnc12)NC1CCN(S(=O)(=O)C(F)(F)F)CC1.I. The molecule has 0 unspecified atom stereocenters. The second-order valence-electron chi connectivity index (χ2n) is 6.96. The first kappa shape index (κ1) is 25.6. The highest BCUT2D eigenvalue weighted by atomic mass is 127. The summed E-state index contributed by atoms with van der Waals surface area (Å²) in [4.78, 5) is 8.99. The molecule has 172 valence electrons. The van der Waals surface area contributed by atoms with Crippen LogP contribution in [0.3, 0.4) is 0 Å². The fourth-order valence-corrected chi connectivity index (χ4v) is 4.34. The number of fused-ring (bicyclic) bond motifs is 1. The first-order valence-corrected chi connectivity index (χ1v) is 11.1. The average molecular weight is 571 g/mol. The van der Waals surface area contributed by atoms with Crippen molar-refractivity contribution in [2.45, 2.75) is 37.9 Å². The van der Waals surface area contributed by atoms with Gasteiger partial charge < -0.3 is 10.6 Å². The van der Waals surface area contributed by atoms with Crippen LogP contribution in [0.15, 0.2) is 41.5 Å². The van der Waals surface area contributed by atoms with E-state index < -0.39 is 15.5 Å². The maximum absolute atomic E-state index is 12.7. The molecule has 3 rings (SSSR count). The predicted molar refractivity (Wildman–Crippen MR) is 125 cm³/mol. The van der Waals surface area contributed by atoms with Gasteiger partial charge in [-0.15, -0.1) is 24.0 Å². The first-order chi connectivity index (χ1) is 14.2. The molecule has 31 heavy (non-hydrogen) atoms. The summed E-state index contributed by atoms with van der Waals surface area (Å²) in [6.45, 7) is 2.53. The molecule has 0 amide bonds. The van der Waals surface area contributed by atoms with E-state index in [0.717, 1.165) is 16.5 Å². The fraction of sp³-hybridized carbons (Fsp3) is 0.474. The number of nitrogens with one attached hydrogen (secondary N) is 2. The van der Waals surface area contributed by atoms with Crippen LogP contribution in [0.2, 0.25) is 0 Å². The number of sulfonamides is 1. The Labute approximate surface area is 196 Å². The second-order valence-corrected chi connectivity index (χ2v) is 8.89. The van der Waals surface area contributed by atoms with Gasteiger partial charge in [0.1, 0.15) is 0 Å². The minimum atomic E-state index is -5.28. The van der Waals surface area contributed by atoms with Crippen molar-refractivity contribution in [3.63, 3.8) is 0 Å². The number of alkyl halides is 3. The maximum atomic E-state index is 12.7. The van der Waals surface area contributed by atoms with Gasteiger partial charge in [0.25, 0.3) is 0 Å². The Hall–Kier alpha value is -1.67. The summed E-state index contributed by atoms with van der Waals surface area (Å²) < 4.78 is 61.7. The molecule has 1 saturated heterocycles. The topological polar surface area (TPSA) is 86.7 Å². The number of halogens is 4. The molecule has 0 radical (unpaired) electrons. The molecule has 1 aliphatic rings. The summed E-state index contributed by atoms with van der Waals surface area (Å²) >= 11 is 0. The van der Waals surface area contributed by atoms with Crippen LogP contribution in [0.25, 0.3) is 10.9 Å². The van der Waals surface area contributed by atoms with Crippen LogP contribution < -0.4 is 10.6 Å². The molecule has 2 heterocycles. The third kappa shape index (κ3) is 6.19. The molecule has 2 aromatic rings. The highest BCUT2D eigenvalue weighted by molar-refractivity contribution is 14.0. The molecular formula is C19H25F3IN5O2S. The van der Waals surface area contributed by atoms with E-state index in [1.807, 2.05) is 37.3 Å². The van der Waals surface area contributed by atoms with Crippen molar-refractivity contribution in [1.29, 1.82) is 0 Å². The van der Waals surface area contributed by atoms with Gasteiger partial charge in [0, 0.05) is 37.3 Å². The lowest BCUT2D eigenvalue weighted by Crippen LogP contribution is -2.51. The van der Waals surface area contributed by atoms with Gasteiger partial charge in [-0.05, 0) is 31.4 Å². The number of rotatable bonds is 5. The summed E-state index contributed by atoms with van der Waals surface area (Å²) in [6, 6.07) is 9.53. The lowest BCUT2D eigenvalue weighted by atomic mass is 10.1. The van der Waals surface area contributed by atoms with Crippen LogP contribution in [-0.4, -0.2) is 54.9 Å². The van der Waals surface area contributed by atoms with Gasteiger partial charge in [0.15, 0.2) is 5.96 Å². The Kier molecular flexibility index (Phi) is 8.89. The lowest BCUT2D eigenvalue weighted by Gasteiger charge is -2.32. The molecule has 0 aliphatic carbocycles. The van der Waals surface area contributed by atoms with E-state index in [1.165, 1.54) is 0 Å². The number of hydrogen-bond donors (Lipinski definition) is 2. The summed E-state index contributed by atoms with van der Waals surface area (Å²) in [7, 11) is -5.28. The standard InChI is InChI=1S/C19H24F3N5O2S.HI/c1-2-23-18(25-13-15-6-3-5-14-7-4-10-24-17(14)15)26-16-8-11-27(12-9-16)30(28,29)19(20,21)22;/h3-7,10,16H,2,8-9,11-13H2,1H3,(H2,23,25,26);1H. The first-order valence-electron chi connectivity index (χ1n) is 9.66. The van der Waals surface area contributed by atoms with E-state index in [0.29, 0.717) is 23.4 Å². The van der Waals surface area contributed by atoms with Gasteiger partial charge in [0.05, 0.1) is 12.1 Å². The van der Waals surface area contributed by atoms with Crippen LogP contribution in [0.4, 0.5) is 13.2 Å². The van der Waals surface area contributed by atoms with Crippen molar-refractivity contribution in [1.82, 2.24) is 19.9 Å². The summed E-state index contributed by atoms with van der Waals surface area (Å²) in [5.41, 5.74) is -3.45. The molecular weight excluding hydrogens is 546 g/mol. The molecule has 12 heteroatoms. The molecule has 7 nitrogen and oxygen atoms in total. The summed E-state index contributed by atoms with van der Waals surface area (Å²) in [5, 5.41) is 7.34. The Morgan fingerprint density at radius 1 is 1.23 bits per heavy atom. The normalized spacial score (nSPS) is 16.7. The smallest absolute Gasteiger partial charge is 0.357 e. The highest BCUT2D eigenvalue weighted by Crippen LogP contribution is 2.29. The molecule has 0 spiro atoms. The largest absolute Gasteiger partial charge is 0.511 e. The number of hydrogen-bond acceptors (Lipinski definition) is 4. The molecule has 0 bridgehead atoms. The average Bonchev–Trinajstić information content (AvgIpc) is 2.72. The summed E-state index contributed by atoms with van der Waals surface area (Å²) in [6.07, 6.45) is 2.24. The van der Waals surface area contributed by atoms with Crippen molar-refractivity contribution in [2.24, 2.45) is 4.99 Å². The van der Waals surface area contributed by atoms with E-state index in [2.05, 4.69) is 20.6 Å². The number of guanidine groups is 1. The highest BCUT2D eigenvalue weighted by Gasteiger charge is 2.50. The Morgan fingerprint density at radius 2 is 1.90 bits per heavy atom. The molecule has 1 aromatic carbocycles. The van der Waals surface area contributed by atoms with Crippen molar-refractivity contribution >= 4 is 50.9 Å². The third-order valence-corrected chi connectivity index (χ3v) is 6.53. The van der Waals surface area contributed by atoms with Gasteiger partial charge in [-0.25, -0.2) is 13.4 Å². The zero-order valence-corrected chi connectivity index (χ0v) is 20.0. The number of piperidine rings is 1. The van der Waals surface area contributed by atoms with Gasteiger partial charge in [-0.3, -0.25) is 4.98 Å². The van der Waals surface area contributed by atoms with Crippen molar-refractivity contribution in [2.75, 3.05) is 19.6 Å². The van der Waals surface area contributed by atoms with Crippen molar-refractivity contribution in [3.05, 3.63) is 42.1 Å². The quantitative estimate of drug-likeness (QED) is 0.327. The number of aliphatic imine (C=N–C) groups is 1. The van der Waals surface area contributed by atoms with Crippen LogP contribution in [0.5, 0.6) is 0 Å². The fourth-order valence-electron chi connectivity index (χ4n) is 3.36. The van der Waals surface area contributed by atoms with E-state index in [1.54, 1.807) is 6.20 Å². The van der Waals surface area contributed by atoms with E-state index in [-0.39, 0.29) is 55.9 Å². The monoisotopic (exact) mass is 571 g/mol. The zero-order valence-electron chi connectivity index (χ0n) is 16.9. The van der Waals surface area contributed by atoms with Crippen molar-refractivity contribution < 1.29 is 21.6 Å². The predicted octanol–water partition coefficient (Wildman–Crippen LogP) is 3.22. The van der Waals surface area contributed by atoms with E-state index in [4.69, 9.17) is 0 Å². The maximum Gasteiger partial charge on any atom is 0.511 e. The molecule has 0 saturated carbocycles. The van der Waals surface area contributed by atoms with Crippen LogP contribution in [0.1, 0.15) is 25.3 Å². The minimum absolute atomic E-state index is 0. The Bertz CT molecular complexity index is 1000. The molecule has 1 aromatic heterocycles. The number of benzene rings is 1. The van der Waals surface area contributed by atoms with Gasteiger partial charge in [0.2, 0.25) is 0 Å². The number of pyridine rings is 1. The zero-order chi connectivity index (χ0) is 21.8. The Morgan fingerprint density at radius 3 is 2.55 bits per heavy atom. The van der Waals surface area contributed by atoms with Crippen LogP contribution >= 0.6 is 24.0 Å². The van der Waals surface area contributed by atoms with Crippen LogP contribution in [-0.2, 0) is 16.6 Å². The lowest BCUT2D eigenvalue weighted by molar-refractivity contribution is -0.0494. The third-order valence-electron chi connectivity index (χ3n) is 4.90. The Balaban J connectivity index is 0.00000341. The number of aromatic nitrogens is 1. The van der Waals surface area contributed by atoms with Gasteiger partial charge >= 0.3 is 15.5 Å². The molecule has 1 fully saturated rings. The number of nitrogens with zero attached hydrogens (tertiary/aromatic N) is 3. The second kappa shape index (κ2) is 10.8. The van der Waals surface area contributed by atoms with Gasteiger partial charge in [-0.2, -0.15) is 17.5 Å². The van der Waals surface area contributed by atoms with E-state index >= 15 is 0 Å².